The predicted octanol–water partition coefficient (Wildman–Crippen LogP) is 1.70. The molecule has 2 heterocycles. The van der Waals surface area contributed by atoms with Crippen LogP contribution in [0.15, 0.2) is 6.07 Å². The van der Waals surface area contributed by atoms with E-state index in [-0.39, 0.29) is 0 Å². The maximum atomic E-state index is 5.17. The van der Waals surface area contributed by atoms with Crippen LogP contribution in [0.3, 0.4) is 0 Å². The van der Waals surface area contributed by atoms with E-state index in [4.69, 9.17) is 4.74 Å². The van der Waals surface area contributed by atoms with Gasteiger partial charge in [-0.1, -0.05) is 0 Å². The quantitative estimate of drug-likeness (QED) is 0.586. The lowest BCUT2D eigenvalue weighted by Crippen LogP contribution is -1.79. The number of ether oxygens (including phenoxy) is 1. The number of rotatable bonds is 1. The minimum Gasteiger partial charge on any atom is -0.368 e. The fraction of sp³-hybridized carbons (Fsp3) is 0.500. The molecule has 1 aromatic rings. The molecule has 1 aliphatic rings. The van der Waals surface area contributed by atoms with E-state index in [0.717, 1.165) is 6.61 Å². The zero-order chi connectivity index (χ0) is 7.14. The van der Waals surface area contributed by atoms with Gasteiger partial charge in [-0.15, -0.1) is 0 Å². The van der Waals surface area contributed by atoms with Gasteiger partial charge in [0.1, 0.15) is 6.10 Å². The number of aromatic nitrogens is 1. The molecule has 2 nitrogen and oxygen atoms in total. The molecule has 0 radical (unpaired) electrons. The molecule has 0 aliphatic carbocycles. The maximum Gasteiger partial charge on any atom is 0.108 e. The Bertz CT molecular complexity index is 248. The van der Waals surface area contributed by atoms with Gasteiger partial charge in [0.15, 0.2) is 0 Å². The molecule has 0 spiro atoms. The molecule has 0 saturated carbocycles. The molecule has 1 saturated heterocycles. The topological polar surface area (TPSA) is 28.3 Å². The highest BCUT2D eigenvalue weighted by Crippen LogP contribution is 2.32. The van der Waals surface area contributed by atoms with Crippen LogP contribution in [-0.2, 0) is 4.74 Å². The lowest BCUT2D eigenvalue weighted by atomic mass is 10.2. The summed E-state index contributed by atoms with van der Waals surface area (Å²) in [5.41, 5.74) is 3.81. The Morgan fingerprint density at radius 2 is 2.30 bits per heavy atom. The molecular weight excluding hydrogens is 126 g/mol. The number of epoxide rings is 1. The molecule has 1 aliphatic heterocycles. The highest BCUT2D eigenvalue weighted by molar-refractivity contribution is 5.28. The summed E-state index contributed by atoms with van der Waals surface area (Å²) < 4.78 is 5.17. The molecule has 0 unspecified atom stereocenters. The van der Waals surface area contributed by atoms with Gasteiger partial charge in [-0.05, 0) is 19.9 Å². The molecule has 54 valence electrons. The van der Waals surface area contributed by atoms with Crippen LogP contribution in [0.2, 0.25) is 0 Å². The largest absolute Gasteiger partial charge is 0.368 e. The summed E-state index contributed by atoms with van der Waals surface area (Å²) in [6, 6.07) is 2.16. The number of aryl methyl sites for hydroxylation is 2. The summed E-state index contributed by atoms with van der Waals surface area (Å²) in [6.07, 6.45) is 0.393. The van der Waals surface area contributed by atoms with E-state index in [0.29, 0.717) is 6.10 Å². The number of H-pyrrole nitrogens is 1. The maximum absolute atomic E-state index is 5.17. The van der Waals surface area contributed by atoms with Crippen LogP contribution in [0.1, 0.15) is 23.1 Å². The van der Waals surface area contributed by atoms with E-state index < -0.39 is 0 Å². The van der Waals surface area contributed by atoms with Crippen molar-refractivity contribution in [3.8, 4) is 0 Å². The average Bonchev–Trinajstić information content (AvgIpc) is 2.61. The summed E-state index contributed by atoms with van der Waals surface area (Å²) in [6.45, 7) is 5.06. The monoisotopic (exact) mass is 137 g/mol. The summed E-state index contributed by atoms with van der Waals surface area (Å²) >= 11 is 0. The summed E-state index contributed by atoms with van der Waals surface area (Å²) in [5, 5.41) is 0. The van der Waals surface area contributed by atoms with Gasteiger partial charge in [-0.3, -0.25) is 0 Å². The van der Waals surface area contributed by atoms with Gasteiger partial charge in [-0.2, -0.15) is 0 Å². The Kier molecular flexibility index (Phi) is 1.11. The first-order valence-corrected chi connectivity index (χ1v) is 3.55. The smallest absolute Gasteiger partial charge is 0.108 e. The summed E-state index contributed by atoms with van der Waals surface area (Å²) in [5.74, 6) is 0. The lowest BCUT2D eigenvalue weighted by molar-refractivity contribution is 0.415. The van der Waals surface area contributed by atoms with E-state index in [1.807, 2.05) is 0 Å². The third kappa shape index (κ3) is 0.847. The zero-order valence-corrected chi connectivity index (χ0v) is 6.27. The van der Waals surface area contributed by atoms with Crippen molar-refractivity contribution in [3.63, 3.8) is 0 Å². The van der Waals surface area contributed by atoms with E-state index in [9.17, 15) is 0 Å². The first kappa shape index (κ1) is 5.98. The molecule has 1 atom stereocenters. The number of aromatic amines is 1. The molecule has 1 fully saturated rings. The zero-order valence-electron chi connectivity index (χ0n) is 6.27. The van der Waals surface area contributed by atoms with Crippen LogP contribution in [0.4, 0.5) is 0 Å². The van der Waals surface area contributed by atoms with Crippen molar-refractivity contribution < 1.29 is 4.74 Å². The van der Waals surface area contributed by atoms with Crippen molar-refractivity contribution in [2.45, 2.75) is 20.0 Å². The fourth-order valence-electron chi connectivity index (χ4n) is 1.31. The third-order valence-corrected chi connectivity index (χ3v) is 1.87. The van der Waals surface area contributed by atoms with Crippen LogP contribution < -0.4 is 0 Å². The predicted molar refractivity (Wildman–Crippen MR) is 39.0 cm³/mol. The van der Waals surface area contributed by atoms with Crippen LogP contribution in [0, 0.1) is 13.8 Å². The van der Waals surface area contributed by atoms with E-state index in [1.165, 1.54) is 17.0 Å². The lowest BCUT2D eigenvalue weighted by Gasteiger charge is -1.88. The average molecular weight is 137 g/mol. The Morgan fingerprint density at radius 1 is 1.60 bits per heavy atom. The van der Waals surface area contributed by atoms with Gasteiger partial charge >= 0.3 is 0 Å². The number of nitrogens with one attached hydrogen (secondary N) is 1. The van der Waals surface area contributed by atoms with Crippen molar-refractivity contribution in [2.75, 3.05) is 6.61 Å². The molecule has 10 heavy (non-hydrogen) atoms. The molecule has 2 rings (SSSR count). The molecule has 0 aromatic carbocycles. The van der Waals surface area contributed by atoms with Crippen molar-refractivity contribution >= 4 is 0 Å². The van der Waals surface area contributed by atoms with Crippen LogP contribution in [0.25, 0.3) is 0 Å². The molecule has 0 amide bonds. The second kappa shape index (κ2) is 1.86. The molecule has 1 aromatic heterocycles. The minimum atomic E-state index is 0.393. The van der Waals surface area contributed by atoms with Crippen LogP contribution >= 0.6 is 0 Å². The van der Waals surface area contributed by atoms with Gasteiger partial charge in [0.25, 0.3) is 0 Å². The van der Waals surface area contributed by atoms with Crippen molar-refractivity contribution in [1.82, 2.24) is 4.98 Å². The molecule has 1 N–H and O–H groups in total. The standard InChI is InChI=1S/C8H11NO/c1-5-3-7(6(2)9-5)8-4-10-8/h3,8-9H,4H2,1-2H3/t8-/m1/s1. The Hall–Kier alpha value is -0.760. The van der Waals surface area contributed by atoms with E-state index >= 15 is 0 Å². The van der Waals surface area contributed by atoms with Crippen LogP contribution in [0.5, 0.6) is 0 Å². The Morgan fingerprint density at radius 3 is 2.70 bits per heavy atom. The number of hydrogen-bond acceptors (Lipinski definition) is 1. The van der Waals surface area contributed by atoms with Crippen molar-refractivity contribution in [2.24, 2.45) is 0 Å². The number of hydrogen-bond donors (Lipinski definition) is 1. The molecule has 0 bridgehead atoms. The first-order valence-electron chi connectivity index (χ1n) is 3.55. The highest BCUT2D eigenvalue weighted by Gasteiger charge is 2.27. The normalized spacial score (nSPS) is 23.2. The van der Waals surface area contributed by atoms with Gasteiger partial charge in [0.2, 0.25) is 0 Å². The highest BCUT2D eigenvalue weighted by atomic mass is 16.6. The Balaban J connectivity index is 2.38. The SMILES string of the molecule is Cc1cc([C@H]2CO2)c(C)[nH]1. The van der Waals surface area contributed by atoms with Crippen LogP contribution in [-0.4, -0.2) is 11.6 Å². The van der Waals surface area contributed by atoms with Crippen molar-refractivity contribution in [1.29, 1.82) is 0 Å². The summed E-state index contributed by atoms with van der Waals surface area (Å²) in [4.78, 5) is 3.25. The second-order valence-electron chi connectivity index (χ2n) is 2.85. The minimum absolute atomic E-state index is 0.393. The van der Waals surface area contributed by atoms with Gasteiger partial charge in [-0.25, -0.2) is 0 Å². The van der Waals surface area contributed by atoms with Crippen molar-refractivity contribution in [3.05, 3.63) is 23.0 Å². The van der Waals surface area contributed by atoms with Gasteiger partial charge in [0, 0.05) is 17.0 Å². The van der Waals surface area contributed by atoms with Gasteiger partial charge in [0.05, 0.1) is 6.61 Å². The van der Waals surface area contributed by atoms with E-state index in [2.05, 4.69) is 24.9 Å². The second-order valence-corrected chi connectivity index (χ2v) is 2.85. The van der Waals surface area contributed by atoms with Gasteiger partial charge < -0.3 is 9.72 Å². The molecular formula is C8H11NO. The van der Waals surface area contributed by atoms with E-state index in [1.54, 1.807) is 0 Å². The Labute approximate surface area is 60.2 Å². The first-order chi connectivity index (χ1) is 4.77. The summed E-state index contributed by atoms with van der Waals surface area (Å²) in [7, 11) is 0. The third-order valence-electron chi connectivity index (χ3n) is 1.87. The molecule has 2 heteroatoms. The fourth-order valence-corrected chi connectivity index (χ4v) is 1.31.